The third-order valence-corrected chi connectivity index (χ3v) is 6.03. The summed E-state index contributed by atoms with van der Waals surface area (Å²) in [5.74, 6) is 2.80. The second-order valence-electron chi connectivity index (χ2n) is 7.87. The Kier molecular flexibility index (Phi) is 9.27. The number of piperazine rings is 2. The smallest absolute Gasteiger partial charge is 0.225 e. The van der Waals surface area contributed by atoms with E-state index in [1.54, 1.807) is 12.4 Å². The highest BCUT2D eigenvalue weighted by molar-refractivity contribution is 14.0. The lowest BCUT2D eigenvalue weighted by Gasteiger charge is -2.36. The Labute approximate surface area is 208 Å². The number of hydrogen-bond acceptors (Lipinski definition) is 7. The Hall–Kier alpha value is -2.21. The summed E-state index contributed by atoms with van der Waals surface area (Å²) in [6.45, 7) is 11.9. The number of nitrogens with one attached hydrogen (secondary N) is 1. The molecule has 2 fully saturated rings. The molecular formula is C22H34IN9. The summed E-state index contributed by atoms with van der Waals surface area (Å²) in [7, 11) is 1.84. The molecule has 1 N–H and O–H groups in total. The Morgan fingerprint density at radius 3 is 2.22 bits per heavy atom. The van der Waals surface area contributed by atoms with Crippen LogP contribution in [0.5, 0.6) is 0 Å². The molecule has 0 aliphatic carbocycles. The first-order chi connectivity index (χ1) is 15.3. The van der Waals surface area contributed by atoms with Gasteiger partial charge in [0.05, 0.1) is 0 Å². The zero-order valence-corrected chi connectivity index (χ0v) is 21.4. The Balaban J connectivity index is 0.00000289. The fourth-order valence-corrected chi connectivity index (χ4v) is 4.09. The number of anilines is 2. The Morgan fingerprint density at radius 1 is 0.938 bits per heavy atom. The van der Waals surface area contributed by atoms with Gasteiger partial charge in [0.2, 0.25) is 5.95 Å². The minimum Gasteiger partial charge on any atom is -0.354 e. The zero-order valence-electron chi connectivity index (χ0n) is 19.0. The standard InChI is InChI=1S/C22H33N9.HI/c1-3-28-9-11-29(12-10-28)20-6-5-19(17-26-20)18-27-21(23-2)30-13-15-31(16-14-30)22-24-7-4-8-25-22;/h4-8,17H,3,9-16,18H2,1-2H3,(H,23,27);1H. The van der Waals surface area contributed by atoms with Gasteiger partial charge in [-0.3, -0.25) is 4.99 Å². The van der Waals surface area contributed by atoms with Gasteiger partial charge in [0.25, 0.3) is 0 Å². The van der Waals surface area contributed by atoms with Crippen molar-refractivity contribution in [3.63, 3.8) is 0 Å². The van der Waals surface area contributed by atoms with Crippen LogP contribution in [0.25, 0.3) is 0 Å². The molecule has 0 aromatic carbocycles. The minimum absolute atomic E-state index is 0. The van der Waals surface area contributed by atoms with Gasteiger partial charge >= 0.3 is 0 Å². The van der Waals surface area contributed by atoms with Crippen LogP contribution in [-0.2, 0) is 6.54 Å². The average Bonchev–Trinajstić information content (AvgIpc) is 2.86. The quantitative estimate of drug-likeness (QED) is 0.341. The molecule has 0 bridgehead atoms. The fraction of sp³-hybridized carbons (Fsp3) is 0.545. The maximum atomic E-state index is 4.71. The molecule has 4 rings (SSSR count). The van der Waals surface area contributed by atoms with Crippen LogP contribution in [0.15, 0.2) is 41.8 Å². The third-order valence-electron chi connectivity index (χ3n) is 6.03. The lowest BCUT2D eigenvalue weighted by atomic mass is 10.2. The SMILES string of the molecule is CCN1CCN(c2ccc(CNC(=NC)N3CCN(c4ncccn4)CC3)cn2)CC1.I. The van der Waals surface area contributed by atoms with Crippen molar-refractivity contribution in [3.8, 4) is 0 Å². The Bertz CT molecular complexity index is 830. The highest BCUT2D eigenvalue weighted by Crippen LogP contribution is 2.14. The number of rotatable bonds is 5. The van der Waals surface area contributed by atoms with Gasteiger partial charge in [-0.1, -0.05) is 13.0 Å². The summed E-state index contributed by atoms with van der Waals surface area (Å²) in [4.78, 5) is 27.2. The maximum absolute atomic E-state index is 4.71. The molecule has 0 atom stereocenters. The molecule has 0 unspecified atom stereocenters. The molecule has 4 heterocycles. The first kappa shape index (κ1) is 24.4. The van der Waals surface area contributed by atoms with Crippen LogP contribution in [-0.4, -0.2) is 96.7 Å². The summed E-state index contributed by atoms with van der Waals surface area (Å²) in [5.41, 5.74) is 1.16. The number of guanidine groups is 1. The molecule has 2 aliphatic rings. The molecule has 32 heavy (non-hydrogen) atoms. The lowest BCUT2D eigenvalue weighted by molar-refractivity contribution is 0.270. The van der Waals surface area contributed by atoms with Crippen LogP contribution in [0.2, 0.25) is 0 Å². The number of nitrogens with zero attached hydrogens (tertiary/aromatic N) is 8. The monoisotopic (exact) mass is 551 g/mol. The van der Waals surface area contributed by atoms with Crippen LogP contribution < -0.4 is 15.1 Å². The van der Waals surface area contributed by atoms with Gasteiger partial charge in [0.1, 0.15) is 5.82 Å². The van der Waals surface area contributed by atoms with E-state index in [1.807, 2.05) is 19.3 Å². The highest BCUT2D eigenvalue weighted by Gasteiger charge is 2.21. The predicted octanol–water partition coefficient (Wildman–Crippen LogP) is 1.53. The van der Waals surface area contributed by atoms with Crippen molar-refractivity contribution < 1.29 is 0 Å². The summed E-state index contributed by atoms with van der Waals surface area (Å²) in [6, 6.07) is 6.15. The Morgan fingerprint density at radius 2 is 1.62 bits per heavy atom. The average molecular weight is 551 g/mol. The van der Waals surface area contributed by atoms with Gasteiger partial charge in [0.15, 0.2) is 5.96 Å². The first-order valence-electron chi connectivity index (χ1n) is 11.2. The topological polar surface area (TPSA) is 76.0 Å². The normalized spacial score (nSPS) is 17.8. The minimum atomic E-state index is 0. The molecule has 2 aliphatic heterocycles. The highest BCUT2D eigenvalue weighted by atomic mass is 127. The van der Waals surface area contributed by atoms with E-state index in [0.29, 0.717) is 6.54 Å². The van der Waals surface area contributed by atoms with E-state index in [0.717, 1.165) is 82.2 Å². The molecule has 0 amide bonds. The molecule has 0 radical (unpaired) electrons. The number of halogens is 1. The van der Waals surface area contributed by atoms with Crippen molar-refractivity contribution in [1.29, 1.82) is 0 Å². The molecule has 2 aromatic rings. The number of aromatic nitrogens is 3. The van der Waals surface area contributed by atoms with E-state index in [9.17, 15) is 0 Å². The van der Waals surface area contributed by atoms with Crippen molar-refractivity contribution in [3.05, 3.63) is 42.4 Å². The molecule has 2 aromatic heterocycles. The second kappa shape index (κ2) is 12.1. The van der Waals surface area contributed by atoms with Crippen molar-refractivity contribution >= 4 is 41.7 Å². The number of hydrogen-bond donors (Lipinski definition) is 1. The zero-order chi connectivity index (χ0) is 21.5. The summed E-state index contributed by atoms with van der Waals surface area (Å²) >= 11 is 0. The largest absolute Gasteiger partial charge is 0.354 e. The van der Waals surface area contributed by atoms with Crippen molar-refractivity contribution in [1.82, 2.24) is 30.1 Å². The third kappa shape index (κ3) is 6.18. The van der Waals surface area contributed by atoms with Gasteiger partial charge in [-0.05, 0) is 24.2 Å². The number of likely N-dealkylation sites (N-methyl/N-ethyl adjacent to an activating group) is 1. The molecule has 0 saturated carbocycles. The van der Waals surface area contributed by atoms with Crippen molar-refractivity contribution in [2.24, 2.45) is 4.99 Å². The lowest BCUT2D eigenvalue weighted by Crippen LogP contribution is -2.52. The summed E-state index contributed by atoms with van der Waals surface area (Å²) in [6.07, 6.45) is 5.56. The van der Waals surface area contributed by atoms with Crippen LogP contribution in [0.3, 0.4) is 0 Å². The first-order valence-corrected chi connectivity index (χ1v) is 11.2. The van der Waals surface area contributed by atoms with Gasteiger partial charge < -0.3 is 24.9 Å². The number of pyridine rings is 1. The maximum Gasteiger partial charge on any atom is 0.225 e. The molecule has 9 nitrogen and oxygen atoms in total. The molecule has 0 spiro atoms. The van der Waals surface area contributed by atoms with Crippen LogP contribution in [0, 0.1) is 0 Å². The molecular weight excluding hydrogens is 517 g/mol. The summed E-state index contributed by atoms with van der Waals surface area (Å²) in [5, 5.41) is 3.49. The van der Waals surface area contributed by atoms with E-state index in [4.69, 9.17) is 4.98 Å². The van der Waals surface area contributed by atoms with Crippen LogP contribution in [0.1, 0.15) is 12.5 Å². The molecule has 2 saturated heterocycles. The summed E-state index contributed by atoms with van der Waals surface area (Å²) < 4.78 is 0. The van der Waals surface area contributed by atoms with Crippen LogP contribution in [0.4, 0.5) is 11.8 Å². The van der Waals surface area contributed by atoms with Gasteiger partial charge in [-0.2, -0.15) is 0 Å². The second-order valence-corrected chi connectivity index (χ2v) is 7.87. The van der Waals surface area contributed by atoms with Gasteiger partial charge in [0, 0.05) is 84.5 Å². The molecule has 10 heteroatoms. The predicted molar refractivity (Wildman–Crippen MR) is 140 cm³/mol. The van der Waals surface area contributed by atoms with Crippen molar-refractivity contribution in [2.75, 3.05) is 75.8 Å². The van der Waals surface area contributed by atoms with Gasteiger partial charge in [-0.25, -0.2) is 15.0 Å². The van der Waals surface area contributed by atoms with E-state index >= 15 is 0 Å². The van der Waals surface area contributed by atoms with Crippen molar-refractivity contribution in [2.45, 2.75) is 13.5 Å². The van der Waals surface area contributed by atoms with E-state index in [-0.39, 0.29) is 24.0 Å². The molecule has 174 valence electrons. The van der Waals surface area contributed by atoms with E-state index in [1.165, 1.54) is 0 Å². The number of aliphatic imine (C=N–C) groups is 1. The van der Waals surface area contributed by atoms with Gasteiger partial charge in [-0.15, -0.1) is 24.0 Å². The van der Waals surface area contributed by atoms with E-state index in [2.05, 4.69) is 58.9 Å². The van der Waals surface area contributed by atoms with Crippen LogP contribution >= 0.6 is 24.0 Å². The van der Waals surface area contributed by atoms with E-state index < -0.39 is 0 Å². The fourth-order valence-electron chi connectivity index (χ4n) is 4.09.